The maximum Gasteiger partial charge on any atom is 0.167 e. The van der Waals surface area contributed by atoms with Gasteiger partial charge < -0.3 is 19.7 Å². The molecule has 2 rings (SSSR count). The van der Waals surface area contributed by atoms with Gasteiger partial charge in [0.25, 0.3) is 0 Å². The first kappa shape index (κ1) is 18.7. The fourth-order valence-electron chi connectivity index (χ4n) is 2.76. The SMILES string of the molecule is CC(C)Oc1ccc(C(=O)CCN2CCNCC2)c(OC(C)C)c1. The Morgan fingerprint density at radius 3 is 2.42 bits per heavy atom. The van der Waals surface area contributed by atoms with Gasteiger partial charge in [0.15, 0.2) is 5.78 Å². The van der Waals surface area contributed by atoms with E-state index in [1.807, 2.05) is 45.9 Å². The van der Waals surface area contributed by atoms with Crippen LogP contribution in [0.1, 0.15) is 44.5 Å². The summed E-state index contributed by atoms with van der Waals surface area (Å²) in [4.78, 5) is 15.0. The largest absolute Gasteiger partial charge is 0.491 e. The van der Waals surface area contributed by atoms with Crippen molar-refractivity contribution in [3.8, 4) is 11.5 Å². The summed E-state index contributed by atoms with van der Waals surface area (Å²) in [6, 6.07) is 5.51. The van der Waals surface area contributed by atoms with Gasteiger partial charge in [-0.15, -0.1) is 0 Å². The second-order valence-electron chi connectivity index (χ2n) is 6.76. The predicted octanol–water partition coefficient (Wildman–Crippen LogP) is 2.74. The molecule has 0 unspecified atom stereocenters. The maximum absolute atomic E-state index is 12.7. The summed E-state index contributed by atoms with van der Waals surface area (Å²) in [6.07, 6.45) is 0.615. The minimum Gasteiger partial charge on any atom is -0.491 e. The Bertz CT molecular complexity index is 537. The summed E-state index contributed by atoms with van der Waals surface area (Å²) >= 11 is 0. The number of benzene rings is 1. The number of ketones is 1. The van der Waals surface area contributed by atoms with Crippen molar-refractivity contribution in [3.63, 3.8) is 0 Å². The Balaban J connectivity index is 2.06. The van der Waals surface area contributed by atoms with E-state index in [0.29, 0.717) is 17.7 Å². The standard InChI is InChI=1S/C19H30N2O3/c1-14(2)23-16-5-6-17(19(13-16)24-15(3)4)18(22)7-10-21-11-8-20-9-12-21/h5-6,13-15,20H,7-12H2,1-4H3. The van der Waals surface area contributed by atoms with E-state index < -0.39 is 0 Å². The van der Waals surface area contributed by atoms with Gasteiger partial charge in [0.2, 0.25) is 0 Å². The van der Waals surface area contributed by atoms with Crippen LogP contribution in [-0.4, -0.2) is 55.6 Å². The van der Waals surface area contributed by atoms with Crippen LogP contribution in [0.5, 0.6) is 11.5 Å². The quantitative estimate of drug-likeness (QED) is 0.741. The third-order valence-electron chi connectivity index (χ3n) is 3.85. The Kier molecular flexibility index (Phi) is 7.06. The lowest BCUT2D eigenvalue weighted by Crippen LogP contribution is -2.44. The molecule has 1 aromatic rings. The van der Waals surface area contributed by atoms with Crippen LogP contribution in [0, 0.1) is 0 Å². The molecule has 0 amide bonds. The second kappa shape index (κ2) is 9.04. The van der Waals surface area contributed by atoms with Crippen LogP contribution < -0.4 is 14.8 Å². The van der Waals surface area contributed by atoms with Gasteiger partial charge in [-0.05, 0) is 39.8 Å². The first-order chi connectivity index (χ1) is 11.5. The summed E-state index contributed by atoms with van der Waals surface area (Å²) in [7, 11) is 0. The summed E-state index contributed by atoms with van der Waals surface area (Å²) in [5.74, 6) is 1.48. The molecule has 24 heavy (non-hydrogen) atoms. The number of nitrogens with zero attached hydrogens (tertiary/aromatic N) is 1. The average Bonchev–Trinajstić information content (AvgIpc) is 2.52. The van der Waals surface area contributed by atoms with Gasteiger partial charge in [0.1, 0.15) is 11.5 Å². The number of piperazine rings is 1. The highest BCUT2D eigenvalue weighted by molar-refractivity contribution is 5.99. The van der Waals surface area contributed by atoms with Crippen molar-refractivity contribution >= 4 is 5.78 Å². The zero-order chi connectivity index (χ0) is 17.5. The highest BCUT2D eigenvalue weighted by atomic mass is 16.5. The molecule has 0 aliphatic carbocycles. The molecule has 1 fully saturated rings. The van der Waals surface area contributed by atoms with Crippen LogP contribution in [0.2, 0.25) is 0 Å². The number of nitrogens with one attached hydrogen (secondary N) is 1. The van der Waals surface area contributed by atoms with Crippen molar-refractivity contribution in [1.82, 2.24) is 10.2 Å². The third kappa shape index (κ3) is 5.80. The van der Waals surface area contributed by atoms with Gasteiger partial charge in [0, 0.05) is 45.2 Å². The molecule has 1 N–H and O–H groups in total. The van der Waals surface area contributed by atoms with Crippen LogP contribution in [0.3, 0.4) is 0 Å². The maximum atomic E-state index is 12.7. The van der Waals surface area contributed by atoms with E-state index in [-0.39, 0.29) is 18.0 Å². The Morgan fingerprint density at radius 2 is 1.79 bits per heavy atom. The van der Waals surface area contributed by atoms with Gasteiger partial charge in [-0.25, -0.2) is 0 Å². The lowest BCUT2D eigenvalue weighted by atomic mass is 10.1. The molecule has 0 spiro atoms. The molecule has 0 aromatic heterocycles. The van der Waals surface area contributed by atoms with E-state index in [4.69, 9.17) is 9.47 Å². The molecule has 5 heteroatoms. The molecular formula is C19H30N2O3. The number of carbonyl (C=O) groups is 1. The smallest absolute Gasteiger partial charge is 0.167 e. The van der Waals surface area contributed by atoms with Crippen molar-refractivity contribution < 1.29 is 14.3 Å². The first-order valence-electron chi connectivity index (χ1n) is 8.89. The fourth-order valence-corrected chi connectivity index (χ4v) is 2.76. The van der Waals surface area contributed by atoms with Gasteiger partial charge in [-0.2, -0.15) is 0 Å². The molecule has 0 bridgehead atoms. The van der Waals surface area contributed by atoms with Gasteiger partial charge >= 0.3 is 0 Å². The van der Waals surface area contributed by atoms with E-state index in [1.54, 1.807) is 0 Å². The van der Waals surface area contributed by atoms with Gasteiger partial charge in [-0.3, -0.25) is 4.79 Å². The van der Waals surface area contributed by atoms with Crippen LogP contribution in [0.25, 0.3) is 0 Å². The van der Waals surface area contributed by atoms with Crippen molar-refractivity contribution in [2.75, 3.05) is 32.7 Å². The summed E-state index contributed by atoms with van der Waals surface area (Å²) in [6.45, 7) is 12.7. The van der Waals surface area contributed by atoms with Crippen molar-refractivity contribution in [2.45, 2.75) is 46.3 Å². The molecule has 1 heterocycles. The second-order valence-corrected chi connectivity index (χ2v) is 6.76. The van der Waals surface area contributed by atoms with E-state index in [1.165, 1.54) is 0 Å². The van der Waals surface area contributed by atoms with E-state index >= 15 is 0 Å². The van der Waals surface area contributed by atoms with E-state index in [0.717, 1.165) is 38.5 Å². The molecule has 134 valence electrons. The molecule has 1 saturated heterocycles. The minimum atomic E-state index is 0.0130. The zero-order valence-electron chi connectivity index (χ0n) is 15.3. The van der Waals surface area contributed by atoms with Crippen molar-refractivity contribution in [2.24, 2.45) is 0 Å². The summed E-state index contributed by atoms with van der Waals surface area (Å²) in [5, 5.41) is 3.33. The van der Waals surface area contributed by atoms with Gasteiger partial charge in [0.05, 0.1) is 17.8 Å². The van der Waals surface area contributed by atoms with Crippen molar-refractivity contribution in [3.05, 3.63) is 23.8 Å². The molecule has 1 aliphatic heterocycles. The Hall–Kier alpha value is -1.59. The number of hydrogen-bond acceptors (Lipinski definition) is 5. The highest BCUT2D eigenvalue weighted by Gasteiger charge is 2.17. The summed E-state index contributed by atoms with van der Waals surface area (Å²) < 4.78 is 11.6. The normalized spacial score (nSPS) is 15.8. The highest BCUT2D eigenvalue weighted by Crippen LogP contribution is 2.28. The van der Waals surface area contributed by atoms with Crippen LogP contribution >= 0.6 is 0 Å². The number of carbonyl (C=O) groups excluding carboxylic acids is 1. The number of ether oxygens (including phenoxy) is 2. The van der Waals surface area contributed by atoms with Crippen LogP contribution in [-0.2, 0) is 0 Å². The third-order valence-corrected chi connectivity index (χ3v) is 3.85. The predicted molar refractivity (Wildman–Crippen MR) is 96.2 cm³/mol. The number of Topliss-reactive ketones (excluding diaryl/α,β-unsaturated/α-hetero) is 1. The molecular weight excluding hydrogens is 304 g/mol. The van der Waals surface area contributed by atoms with E-state index in [2.05, 4.69) is 10.2 Å². The van der Waals surface area contributed by atoms with Crippen LogP contribution in [0.4, 0.5) is 0 Å². The molecule has 0 radical (unpaired) electrons. The molecule has 1 aromatic carbocycles. The Morgan fingerprint density at radius 1 is 1.12 bits per heavy atom. The molecule has 1 aliphatic rings. The monoisotopic (exact) mass is 334 g/mol. The fraction of sp³-hybridized carbons (Fsp3) is 0.632. The molecule has 0 atom stereocenters. The number of rotatable bonds is 8. The zero-order valence-corrected chi connectivity index (χ0v) is 15.3. The van der Waals surface area contributed by atoms with Gasteiger partial charge in [-0.1, -0.05) is 0 Å². The number of hydrogen-bond donors (Lipinski definition) is 1. The van der Waals surface area contributed by atoms with E-state index in [9.17, 15) is 4.79 Å². The minimum absolute atomic E-state index is 0.0130. The molecule has 0 saturated carbocycles. The van der Waals surface area contributed by atoms with Crippen molar-refractivity contribution in [1.29, 1.82) is 0 Å². The average molecular weight is 334 g/mol. The lowest BCUT2D eigenvalue weighted by molar-refractivity contribution is 0.0955. The van der Waals surface area contributed by atoms with Crippen LogP contribution in [0.15, 0.2) is 18.2 Å². The topological polar surface area (TPSA) is 50.8 Å². The lowest BCUT2D eigenvalue weighted by Gasteiger charge is -2.26. The molecule has 5 nitrogen and oxygen atoms in total. The summed E-state index contributed by atoms with van der Waals surface area (Å²) in [5.41, 5.74) is 0.648. The Labute approximate surface area is 145 Å². The first-order valence-corrected chi connectivity index (χ1v) is 8.89.